The van der Waals surface area contributed by atoms with Crippen LogP contribution in [0.15, 0.2) is 77.6 Å². The molecular weight excluding hydrogens is 432 g/mol. The second kappa shape index (κ2) is 8.15. The lowest BCUT2D eigenvalue weighted by atomic mass is 10.3. The van der Waals surface area contributed by atoms with Gasteiger partial charge in [-0.15, -0.1) is 5.10 Å². The van der Waals surface area contributed by atoms with Crippen molar-refractivity contribution in [2.45, 2.75) is 6.54 Å². The third kappa shape index (κ3) is 3.89. The maximum atomic E-state index is 13.9. The van der Waals surface area contributed by atoms with Gasteiger partial charge in [-0.1, -0.05) is 30.3 Å². The van der Waals surface area contributed by atoms with Crippen molar-refractivity contribution in [1.29, 1.82) is 0 Å². The number of ether oxygens (including phenoxy) is 1. The molecule has 3 aromatic carbocycles. The van der Waals surface area contributed by atoms with Crippen molar-refractivity contribution >= 4 is 28.3 Å². The Balaban J connectivity index is 1.55. The molecule has 10 heteroatoms. The van der Waals surface area contributed by atoms with Gasteiger partial charge in [-0.05, 0) is 36.4 Å². The van der Waals surface area contributed by atoms with Gasteiger partial charge in [0.2, 0.25) is 11.6 Å². The summed E-state index contributed by atoms with van der Waals surface area (Å²) in [7, 11) is 0. The molecule has 5 rings (SSSR count). The minimum Gasteiger partial charge on any atom is -0.436 e. The standard InChI is InChI=1S/C23H15F2N5O3/c24-14-10-11-17(16(25)12-14)26-20(31)13-29-23(32)30-19-9-5-4-8-18(19)27-22(21(30)28-29)33-15-6-2-1-3-7-15/h1-12H,13H2,(H,26,31). The number of aromatic nitrogens is 4. The van der Waals surface area contributed by atoms with E-state index in [9.17, 15) is 18.4 Å². The Labute approximate surface area is 184 Å². The van der Waals surface area contributed by atoms with Crippen LogP contribution in [0.3, 0.4) is 0 Å². The molecule has 0 aliphatic carbocycles. The molecule has 2 heterocycles. The highest BCUT2D eigenvalue weighted by atomic mass is 19.1. The number of fused-ring (bicyclic) bond motifs is 3. The number of hydrogen-bond acceptors (Lipinski definition) is 5. The van der Waals surface area contributed by atoms with Gasteiger partial charge in [-0.2, -0.15) is 0 Å². The first-order valence-corrected chi connectivity index (χ1v) is 9.86. The summed E-state index contributed by atoms with van der Waals surface area (Å²) in [5, 5.41) is 6.55. The third-order valence-corrected chi connectivity index (χ3v) is 4.83. The normalized spacial score (nSPS) is 11.1. The summed E-state index contributed by atoms with van der Waals surface area (Å²) in [4.78, 5) is 30.1. The Bertz CT molecular complexity index is 1560. The molecule has 0 unspecified atom stereocenters. The van der Waals surface area contributed by atoms with E-state index in [1.807, 2.05) is 6.07 Å². The first-order chi connectivity index (χ1) is 16.0. The highest BCUT2D eigenvalue weighted by Crippen LogP contribution is 2.25. The number of halogens is 2. The second-order valence-corrected chi connectivity index (χ2v) is 7.09. The molecule has 2 aromatic heterocycles. The number of nitrogens with one attached hydrogen (secondary N) is 1. The summed E-state index contributed by atoms with van der Waals surface area (Å²) in [5.41, 5.74) is 0.280. The van der Waals surface area contributed by atoms with Gasteiger partial charge in [-0.3, -0.25) is 4.79 Å². The smallest absolute Gasteiger partial charge is 0.351 e. The molecule has 164 valence electrons. The molecule has 0 spiro atoms. The lowest BCUT2D eigenvalue weighted by Gasteiger charge is -2.07. The molecule has 1 amide bonds. The largest absolute Gasteiger partial charge is 0.436 e. The SMILES string of the molecule is O=C(Cn1nc2c(Oc3ccccc3)nc3ccccc3n2c1=O)Nc1ccc(F)cc1F. The number of nitrogens with zero attached hydrogens (tertiary/aromatic N) is 4. The molecule has 0 aliphatic heterocycles. The van der Waals surface area contributed by atoms with Crippen LogP contribution in [0.25, 0.3) is 16.7 Å². The van der Waals surface area contributed by atoms with Crippen molar-refractivity contribution in [3.63, 3.8) is 0 Å². The van der Waals surface area contributed by atoms with E-state index in [0.29, 0.717) is 22.8 Å². The fourth-order valence-electron chi connectivity index (χ4n) is 3.36. The number of benzene rings is 3. The van der Waals surface area contributed by atoms with Gasteiger partial charge in [0.1, 0.15) is 23.9 Å². The molecule has 0 fully saturated rings. The van der Waals surface area contributed by atoms with E-state index in [4.69, 9.17) is 4.74 Å². The van der Waals surface area contributed by atoms with Crippen molar-refractivity contribution < 1.29 is 18.3 Å². The summed E-state index contributed by atoms with van der Waals surface area (Å²) in [6.07, 6.45) is 0. The highest BCUT2D eigenvalue weighted by molar-refractivity contribution is 5.90. The summed E-state index contributed by atoms with van der Waals surface area (Å²) in [6.45, 7) is -0.504. The van der Waals surface area contributed by atoms with Gasteiger partial charge in [0.05, 0.1) is 16.7 Å². The molecule has 0 saturated heterocycles. The zero-order chi connectivity index (χ0) is 22.9. The first kappa shape index (κ1) is 20.3. The van der Waals surface area contributed by atoms with Gasteiger partial charge < -0.3 is 10.1 Å². The summed E-state index contributed by atoms with van der Waals surface area (Å²) in [5.74, 6) is -1.84. The Kier molecular flexibility index (Phi) is 5.02. The maximum absolute atomic E-state index is 13.9. The van der Waals surface area contributed by atoms with Crippen LogP contribution in [-0.4, -0.2) is 25.1 Å². The topological polar surface area (TPSA) is 90.5 Å². The number of rotatable bonds is 5. The molecular formula is C23H15F2N5O3. The average molecular weight is 447 g/mol. The average Bonchev–Trinajstić information content (AvgIpc) is 3.13. The molecule has 33 heavy (non-hydrogen) atoms. The van der Waals surface area contributed by atoms with Crippen LogP contribution in [0.1, 0.15) is 0 Å². The van der Waals surface area contributed by atoms with Crippen LogP contribution in [-0.2, 0) is 11.3 Å². The fraction of sp³-hybridized carbons (Fsp3) is 0.0435. The number of anilines is 1. The lowest BCUT2D eigenvalue weighted by molar-refractivity contribution is -0.117. The minimum absolute atomic E-state index is 0.0840. The predicted octanol–water partition coefficient (Wildman–Crippen LogP) is 3.75. The quantitative estimate of drug-likeness (QED) is 0.443. The molecule has 0 bridgehead atoms. The van der Waals surface area contributed by atoms with Crippen LogP contribution in [0.5, 0.6) is 11.6 Å². The number of para-hydroxylation sites is 3. The van der Waals surface area contributed by atoms with Crippen molar-refractivity contribution in [1.82, 2.24) is 19.2 Å². The van der Waals surface area contributed by atoms with Crippen molar-refractivity contribution in [2.75, 3.05) is 5.32 Å². The van der Waals surface area contributed by atoms with Crippen LogP contribution < -0.4 is 15.7 Å². The Hall–Kier alpha value is -4.60. The van der Waals surface area contributed by atoms with Crippen molar-refractivity contribution in [3.05, 3.63) is 94.9 Å². The zero-order valence-corrected chi connectivity index (χ0v) is 16.9. The van der Waals surface area contributed by atoms with E-state index in [1.54, 1.807) is 48.5 Å². The molecule has 0 atom stereocenters. The third-order valence-electron chi connectivity index (χ3n) is 4.83. The summed E-state index contributed by atoms with van der Waals surface area (Å²) >= 11 is 0. The van der Waals surface area contributed by atoms with Crippen molar-refractivity contribution in [2.24, 2.45) is 0 Å². The van der Waals surface area contributed by atoms with E-state index in [0.717, 1.165) is 16.8 Å². The molecule has 5 aromatic rings. The first-order valence-electron chi connectivity index (χ1n) is 9.86. The number of amides is 1. The van der Waals surface area contributed by atoms with Gasteiger partial charge in [0.15, 0.2) is 0 Å². The number of carbonyl (C=O) groups is 1. The van der Waals surface area contributed by atoms with Gasteiger partial charge in [0, 0.05) is 6.07 Å². The highest BCUT2D eigenvalue weighted by Gasteiger charge is 2.19. The van der Waals surface area contributed by atoms with E-state index in [1.165, 1.54) is 4.40 Å². The zero-order valence-electron chi connectivity index (χ0n) is 16.9. The molecule has 1 N–H and O–H groups in total. The number of carbonyl (C=O) groups excluding carboxylic acids is 1. The number of hydrogen-bond donors (Lipinski definition) is 1. The van der Waals surface area contributed by atoms with E-state index in [-0.39, 0.29) is 17.2 Å². The summed E-state index contributed by atoms with van der Waals surface area (Å²) < 4.78 is 35.0. The van der Waals surface area contributed by atoms with Crippen molar-refractivity contribution in [3.8, 4) is 11.6 Å². The van der Waals surface area contributed by atoms with Gasteiger partial charge in [-0.25, -0.2) is 27.6 Å². The Morgan fingerprint density at radius 2 is 1.76 bits per heavy atom. The van der Waals surface area contributed by atoms with Gasteiger partial charge in [0.25, 0.3) is 5.88 Å². The second-order valence-electron chi connectivity index (χ2n) is 7.09. The molecule has 0 aliphatic rings. The Morgan fingerprint density at radius 1 is 1.00 bits per heavy atom. The molecule has 8 nitrogen and oxygen atoms in total. The summed E-state index contributed by atoms with van der Waals surface area (Å²) in [6, 6.07) is 18.6. The van der Waals surface area contributed by atoms with E-state index in [2.05, 4.69) is 15.4 Å². The van der Waals surface area contributed by atoms with Crippen LogP contribution >= 0.6 is 0 Å². The van der Waals surface area contributed by atoms with E-state index >= 15 is 0 Å². The van der Waals surface area contributed by atoms with Crippen LogP contribution in [0.4, 0.5) is 14.5 Å². The Morgan fingerprint density at radius 3 is 2.55 bits per heavy atom. The van der Waals surface area contributed by atoms with Gasteiger partial charge >= 0.3 is 5.69 Å². The molecule has 0 radical (unpaired) electrons. The maximum Gasteiger partial charge on any atom is 0.351 e. The predicted molar refractivity (Wildman–Crippen MR) is 116 cm³/mol. The van der Waals surface area contributed by atoms with Crippen LogP contribution in [0, 0.1) is 11.6 Å². The minimum atomic E-state index is -0.931. The van der Waals surface area contributed by atoms with E-state index < -0.39 is 29.8 Å². The van der Waals surface area contributed by atoms with Crippen LogP contribution in [0.2, 0.25) is 0 Å². The molecule has 0 saturated carbocycles. The lowest BCUT2D eigenvalue weighted by Crippen LogP contribution is -2.28. The monoisotopic (exact) mass is 447 g/mol. The fourth-order valence-corrected chi connectivity index (χ4v) is 3.36.